The molecule has 1 N–H and O–H groups in total. The molecule has 28 heavy (non-hydrogen) atoms. The maximum atomic E-state index is 13.6. The van der Waals surface area contributed by atoms with Gasteiger partial charge in [-0.1, -0.05) is 30.3 Å². The minimum absolute atomic E-state index is 0.155. The number of nitrogens with zero attached hydrogens (tertiary/aromatic N) is 2. The molecular weight excluding hydrogens is 361 g/mol. The monoisotopic (exact) mass is 385 g/mol. The van der Waals surface area contributed by atoms with Gasteiger partial charge in [0.05, 0.1) is 18.4 Å². The summed E-state index contributed by atoms with van der Waals surface area (Å²) in [7, 11) is 1.36. The van der Waals surface area contributed by atoms with Crippen LogP contribution in [0.15, 0.2) is 48.5 Å². The third kappa shape index (κ3) is 4.60. The summed E-state index contributed by atoms with van der Waals surface area (Å²) in [6.07, 6.45) is 0.449. The van der Waals surface area contributed by atoms with Gasteiger partial charge in [0.1, 0.15) is 5.82 Å². The minimum Gasteiger partial charge on any atom is -0.465 e. The van der Waals surface area contributed by atoms with Crippen LogP contribution in [0.2, 0.25) is 0 Å². The lowest BCUT2D eigenvalue weighted by atomic mass is 10.1. The smallest absolute Gasteiger partial charge is 0.339 e. The molecule has 1 saturated heterocycles. The summed E-state index contributed by atoms with van der Waals surface area (Å²) in [5, 5.41) is 2.85. The molecular formula is C21H24FN3O3. The molecule has 0 unspecified atom stereocenters. The van der Waals surface area contributed by atoms with Gasteiger partial charge in [0.2, 0.25) is 0 Å². The number of anilines is 1. The van der Waals surface area contributed by atoms with Crippen LogP contribution in [0.4, 0.5) is 14.9 Å². The van der Waals surface area contributed by atoms with E-state index in [1.54, 1.807) is 35.2 Å². The molecule has 2 aromatic carbocycles. The van der Waals surface area contributed by atoms with Crippen LogP contribution in [0.3, 0.4) is 0 Å². The standard InChI is InChI=1S/C21H24FN3O3/c1-28-20(26)17-7-3-5-9-19(17)24-12-14-25(15-13-24)21(27)23-11-10-16-6-2-4-8-18(16)22/h2-9H,10-15H2,1H3,(H,23,27). The van der Waals surface area contributed by atoms with E-state index in [4.69, 9.17) is 4.74 Å². The quantitative estimate of drug-likeness (QED) is 0.804. The van der Waals surface area contributed by atoms with Gasteiger partial charge in [0, 0.05) is 32.7 Å². The van der Waals surface area contributed by atoms with E-state index in [0.29, 0.717) is 50.3 Å². The van der Waals surface area contributed by atoms with E-state index in [2.05, 4.69) is 10.2 Å². The second-order valence-corrected chi connectivity index (χ2v) is 6.56. The number of esters is 1. The van der Waals surface area contributed by atoms with Gasteiger partial charge < -0.3 is 19.9 Å². The zero-order valence-electron chi connectivity index (χ0n) is 15.9. The van der Waals surface area contributed by atoms with Crippen molar-refractivity contribution in [3.8, 4) is 0 Å². The van der Waals surface area contributed by atoms with Crippen LogP contribution >= 0.6 is 0 Å². The number of hydrogen-bond donors (Lipinski definition) is 1. The highest BCUT2D eigenvalue weighted by Crippen LogP contribution is 2.22. The number of benzene rings is 2. The predicted octanol–water partition coefficient (Wildman–Crippen LogP) is 2.69. The van der Waals surface area contributed by atoms with E-state index in [0.717, 1.165) is 5.69 Å². The lowest BCUT2D eigenvalue weighted by Crippen LogP contribution is -2.52. The summed E-state index contributed by atoms with van der Waals surface area (Å²) in [4.78, 5) is 28.1. The van der Waals surface area contributed by atoms with Gasteiger partial charge in [-0.15, -0.1) is 0 Å². The number of hydrogen-bond acceptors (Lipinski definition) is 4. The summed E-state index contributed by atoms with van der Waals surface area (Å²) in [5.74, 6) is -0.626. The first-order chi connectivity index (χ1) is 13.6. The number of ether oxygens (including phenoxy) is 1. The first kappa shape index (κ1) is 19.7. The van der Waals surface area contributed by atoms with Crippen LogP contribution < -0.4 is 10.2 Å². The first-order valence-corrected chi connectivity index (χ1v) is 9.28. The molecule has 6 nitrogen and oxygen atoms in total. The summed E-state index contributed by atoms with van der Waals surface area (Å²) in [5.41, 5.74) is 1.92. The van der Waals surface area contributed by atoms with E-state index in [-0.39, 0.29) is 17.8 Å². The number of piperazine rings is 1. The van der Waals surface area contributed by atoms with Crippen LogP contribution in [0.1, 0.15) is 15.9 Å². The Kier molecular flexibility index (Phi) is 6.47. The van der Waals surface area contributed by atoms with Gasteiger partial charge in [0.25, 0.3) is 0 Å². The second-order valence-electron chi connectivity index (χ2n) is 6.56. The third-order valence-electron chi connectivity index (χ3n) is 4.85. The molecule has 3 rings (SSSR count). The van der Waals surface area contributed by atoms with Crippen molar-refractivity contribution in [1.82, 2.24) is 10.2 Å². The van der Waals surface area contributed by atoms with Crippen molar-refractivity contribution in [2.75, 3.05) is 44.7 Å². The fourth-order valence-corrected chi connectivity index (χ4v) is 3.30. The van der Waals surface area contributed by atoms with Gasteiger partial charge in [0.15, 0.2) is 0 Å². The zero-order chi connectivity index (χ0) is 19.9. The zero-order valence-corrected chi connectivity index (χ0v) is 15.9. The lowest BCUT2D eigenvalue weighted by Gasteiger charge is -2.36. The molecule has 0 spiro atoms. The largest absolute Gasteiger partial charge is 0.465 e. The second kappa shape index (κ2) is 9.21. The average Bonchev–Trinajstić information content (AvgIpc) is 2.74. The lowest BCUT2D eigenvalue weighted by molar-refractivity contribution is 0.0601. The van der Waals surface area contributed by atoms with Gasteiger partial charge in [-0.25, -0.2) is 14.0 Å². The van der Waals surface area contributed by atoms with E-state index in [9.17, 15) is 14.0 Å². The van der Waals surface area contributed by atoms with Crippen molar-refractivity contribution in [3.05, 3.63) is 65.5 Å². The number of urea groups is 1. The third-order valence-corrected chi connectivity index (χ3v) is 4.85. The van der Waals surface area contributed by atoms with Crippen LogP contribution in [-0.4, -0.2) is 56.7 Å². The van der Waals surface area contributed by atoms with Crippen molar-refractivity contribution < 1.29 is 18.7 Å². The summed E-state index contributed by atoms with van der Waals surface area (Å²) in [6, 6.07) is 13.7. The summed E-state index contributed by atoms with van der Waals surface area (Å²) in [6.45, 7) is 2.71. The topological polar surface area (TPSA) is 61.9 Å². The van der Waals surface area contributed by atoms with Crippen molar-refractivity contribution in [1.29, 1.82) is 0 Å². The highest BCUT2D eigenvalue weighted by atomic mass is 19.1. The Balaban J connectivity index is 1.51. The molecule has 1 fully saturated rings. The average molecular weight is 385 g/mol. The fraction of sp³-hybridized carbons (Fsp3) is 0.333. The predicted molar refractivity (Wildman–Crippen MR) is 105 cm³/mol. The molecule has 1 aliphatic heterocycles. The Morgan fingerprint density at radius 2 is 1.71 bits per heavy atom. The molecule has 0 aromatic heterocycles. The Morgan fingerprint density at radius 3 is 2.43 bits per heavy atom. The minimum atomic E-state index is -0.371. The number of methoxy groups -OCH3 is 1. The molecule has 1 heterocycles. The maximum Gasteiger partial charge on any atom is 0.339 e. The van der Waals surface area contributed by atoms with Crippen LogP contribution in [0, 0.1) is 5.82 Å². The highest BCUT2D eigenvalue weighted by molar-refractivity contribution is 5.95. The first-order valence-electron chi connectivity index (χ1n) is 9.28. The number of carbonyl (C=O) groups is 2. The molecule has 1 aliphatic rings. The van der Waals surface area contributed by atoms with E-state index in [1.807, 2.05) is 12.1 Å². The molecule has 0 radical (unpaired) electrons. The van der Waals surface area contributed by atoms with Gasteiger partial charge >= 0.3 is 12.0 Å². The summed E-state index contributed by atoms with van der Waals surface area (Å²) < 4.78 is 18.5. The molecule has 2 aromatic rings. The van der Waals surface area contributed by atoms with Crippen molar-refractivity contribution in [3.63, 3.8) is 0 Å². The molecule has 0 bridgehead atoms. The Hall–Kier alpha value is -3.09. The van der Waals surface area contributed by atoms with Crippen LogP contribution in [0.25, 0.3) is 0 Å². The number of carbonyl (C=O) groups excluding carboxylic acids is 2. The number of rotatable bonds is 5. The normalized spacial score (nSPS) is 13.9. The highest BCUT2D eigenvalue weighted by Gasteiger charge is 2.24. The molecule has 0 atom stereocenters. The Labute approximate surface area is 163 Å². The Morgan fingerprint density at radius 1 is 1.04 bits per heavy atom. The van der Waals surface area contributed by atoms with Crippen LogP contribution in [0.5, 0.6) is 0 Å². The number of amides is 2. The van der Waals surface area contributed by atoms with Crippen LogP contribution in [-0.2, 0) is 11.2 Å². The number of nitrogens with one attached hydrogen (secondary N) is 1. The number of halogens is 1. The SMILES string of the molecule is COC(=O)c1ccccc1N1CCN(C(=O)NCCc2ccccc2F)CC1. The molecule has 148 valence electrons. The molecule has 7 heteroatoms. The summed E-state index contributed by atoms with van der Waals surface area (Å²) >= 11 is 0. The van der Waals surface area contributed by atoms with Crippen molar-refractivity contribution in [2.45, 2.75) is 6.42 Å². The van der Waals surface area contributed by atoms with E-state index >= 15 is 0 Å². The maximum absolute atomic E-state index is 13.6. The van der Waals surface area contributed by atoms with Crippen molar-refractivity contribution >= 4 is 17.7 Å². The Bertz CT molecular complexity index is 835. The van der Waals surface area contributed by atoms with Crippen molar-refractivity contribution in [2.24, 2.45) is 0 Å². The van der Waals surface area contributed by atoms with Gasteiger partial charge in [-0.05, 0) is 30.2 Å². The molecule has 2 amide bonds. The number of para-hydroxylation sites is 1. The van der Waals surface area contributed by atoms with E-state index < -0.39 is 0 Å². The fourth-order valence-electron chi connectivity index (χ4n) is 3.30. The molecule has 0 saturated carbocycles. The molecule has 0 aliphatic carbocycles. The van der Waals surface area contributed by atoms with Gasteiger partial charge in [-0.2, -0.15) is 0 Å². The van der Waals surface area contributed by atoms with Gasteiger partial charge in [-0.3, -0.25) is 0 Å². The van der Waals surface area contributed by atoms with E-state index in [1.165, 1.54) is 13.2 Å².